The number of ketones is 1. The van der Waals surface area contributed by atoms with Crippen molar-refractivity contribution >= 4 is 28.3 Å². The number of hydrogen-bond donors (Lipinski definition) is 1. The van der Waals surface area contributed by atoms with Crippen LogP contribution in [0.25, 0.3) is 11.0 Å². The van der Waals surface area contributed by atoms with Gasteiger partial charge in [-0.1, -0.05) is 13.8 Å². The maximum absolute atomic E-state index is 12.4. The number of benzene rings is 2. The molecule has 1 amide bonds. The van der Waals surface area contributed by atoms with Crippen LogP contribution in [0.1, 0.15) is 36.2 Å². The first-order valence-corrected chi connectivity index (χ1v) is 9.42. The van der Waals surface area contributed by atoms with Crippen molar-refractivity contribution in [1.29, 1.82) is 0 Å². The summed E-state index contributed by atoms with van der Waals surface area (Å²) in [5, 5.41) is 3.62. The molecule has 3 aromatic rings. The van der Waals surface area contributed by atoms with E-state index in [2.05, 4.69) is 5.32 Å². The van der Waals surface area contributed by atoms with E-state index in [-0.39, 0.29) is 24.2 Å². The van der Waals surface area contributed by atoms with Gasteiger partial charge in [-0.15, -0.1) is 0 Å². The molecule has 6 heteroatoms. The molecular weight excluding hydrogens is 370 g/mol. The van der Waals surface area contributed by atoms with E-state index >= 15 is 0 Å². The van der Waals surface area contributed by atoms with Crippen molar-refractivity contribution in [2.24, 2.45) is 5.92 Å². The van der Waals surface area contributed by atoms with Crippen LogP contribution in [0.2, 0.25) is 0 Å². The standard InChI is InChI=1S/C23H23NO5/c1-14(2)10-22(26)24-17-6-4-16(5-7-17)20(25)13-28-18-8-9-19-15(3)11-23(27)29-21(19)12-18/h4-9,11-12,14H,10,13H2,1-3H3,(H,24,26). The summed E-state index contributed by atoms with van der Waals surface area (Å²) >= 11 is 0. The molecule has 1 aromatic heterocycles. The normalized spacial score (nSPS) is 10.9. The van der Waals surface area contributed by atoms with E-state index in [0.29, 0.717) is 29.0 Å². The summed E-state index contributed by atoms with van der Waals surface area (Å²) < 4.78 is 10.8. The molecular formula is C23H23NO5. The molecule has 0 atom stereocenters. The molecule has 0 saturated heterocycles. The summed E-state index contributed by atoms with van der Waals surface area (Å²) in [6, 6.07) is 13.3. The molecule has 0 spiro atoms. The number of hydrogen-bond acceptors (Lipinski definition) is 5. The summed E-state index contributed by atoms with van der Waals surface area (Å²) in [6.07, 6.45) is 0.444. The van der Waals surface area contributed by atoms with Gasteiger partial charge in [0.15, 0.2) is 12.4 Å². The largest absolute Gasteiger partial charge is 0.485 e. The lowest BCUT2D eigenvalue weighted by molar-refractivity contribution is -0.116. The predicted molar refractivity (Wildman–Crippen MR) is 112 cm³/mol. The maximum Gasteiger partial charge on any atom is 0.336 e. The Kier molecular flexibility index (Phi) is 6.12. The molecule has 0 aliphatic rings. The second-order valence-corrected chi connectivity index (χ2v) is 7.34. The lowest BCUT2D eigenvalue weighted by Crippen LogP contribution is -2.14. The van der Waals surface area contributed by atoms with Gasteiger partial charge in [0, 0.05) is 35.2 Å². The molecule has 3 rings (SSSR count). The zero-order chi connectivity index (χ0) is 21.0. The van der Waals surface area contributed by atoms with Gasteiger partial charge in [-0.25, -0.2) is 4.79 Å². The molecule has 0 radical (unpaired) electrons. The van der Waals surface area contributed by atoms with Gasteiger partial charge in [-0.05, 0) is 54.8 Å². The minimum Gasteiger partial charge on any atom is -0.485 e. The molecule has 0 aliphatic carbocycles. The lowest BCUT2D eigenvalue weighted by atomic mass is 10.1. The highest BCUT2D eigenvalue weighted by Crippen LogP contribution is 2.22. The average molecular weight is 393 g/mol. The van der Waals surface area contributed by atoms with Gasteiger partial charge in [-0.3, -0.25) is 9.59 Å². The molecule has 0 aliphatic heterocycles. The van der Waals surface area contributed by atoms with Gasteiger partial charge >= 0.3 is 5.63 Å². The number of fused-ring (bicyclic) bond motifs is 1. The molecule has 1 heterocycles. The third-order valence-corrected chi connectivity index (χ3v) is 4.38. The number of carbonyl (C=O) groups is 2. The molecule has 6 nitrogen and oxygen atoms in total. The quantitative estimate of drug-likeness (QED) is 0.476. The average Bonchev–Trinajstić information content (AvgIpc) is 2.65. The van der Waals surface area contributed by atoms with E-state index in [4.69, 9.17) is 9.15 Å². The van der Waals surface area contributed by atoms with Gasteiger partial charge in [0.25, 0.3) is 0 Å². The molecule has 150 valence electrons. The van der Waals surface area contributed by atoms with Crippen LogP contribution < -0.4 is 15.7 Å². The number of Topliss-reactive ketones (excluding diaryl/α,β-unsaturated/α-hetero) is 1. The van der Waals surface area contributed by atoms with Crippen LogP contribution in [0.5, 0.6) is 5.75 Å². The first-order valence-electron chi connectivity index (χ1n) is 9.42. The van der Waals surface area contributed by atoms with Crippen LogP contribution in [0.15, 0.2) is 57.7 Å². The van der Waals surface area contributed by atoms with Crippen molar-refractivity contribution in [3.8, 4) is 5.75 Å². The summed E-state index contributed by atoms with van der Waals surface area (Å²) in [6.45, 7) is 5.64. The monoisotopic (exact) mass is 393 g/mol. The van der Waals surface area contributed by atoms with Crippen molar-refractivity contribution in [3.63, 3.8) is 0 Å². The van der Waals surface area contributed by atoms with Gasteiger partial charge < -0.3 is 14.5 Å². The minimum absolute atomic E-state index is 0.0550. The summed E-state index contributed by atoms with van der Waals surface area (Å²) in [4.78, 5) is 35.7. The molecule has 0 unspecified atom stereocenters. The number of carbonyl (C=O) groups excluding carboxylic acids is 2. The van der Waals surface area contributed by atoms with Crippen molar-refractivity contribution in [1.82, 2.24) is 0 Å². The lowest BCUT2D eigenvalue weighted by Gasteiger charge is -2.09. The first-order chi connectivity index (χ1) is 13.8. The number of amides is 1. The van der Waals surface area contributed by atoms with E-state index in [9.17, 15) is 14.4 Å². The number of anilines is 1. The minimum atomic E-state index is -0.427. The highest BCUT2D eigenvalue weighted by molar-refractivity contribution is 5.98. The van der Waals surface area contributed by atoms with Crippen LogP contribution in [-0.2, 0) is 4.79 Å². The Morgan fingerprint density at radius 2 is 1.79 bits per heavy atom. The van der Waals surface area contributed by atoms with Crippen molar-refractivity contribution < 1.29 is 18.7 Å². The zero-order valence-corrected chi connectivity index (χ0v) is 16.7. The molecule has 29 heavy (non-hydrogen) atoms. The Morgan fingerprint density at radius 3 is 2.48 bits per heavy atom. The highest BCUT2D eigenvalue weighted by Gasteiger charge is 2.10. The fourth-order valence-corrected chi connectivity index (χ4v) is 2.95. The summed E-state index contributed by atoms with van der Waals surface area (Å²) in [7, 11) is 0. The summed E-state index contributed by atoms with van der Waals surface area (Å²) in [5.74, 6) is 0.466. The van der Waals surface area contributed by atoms with Gasteiger partial charge in [0.2, 0.25) is 5.91 Å². The Labute approximate surface area is 168 Å². The van der Waals surface area contributed by atoms with Gasteiger partial charge in [-0.2, -0.15) is 0 Å². The SMILES string of the molecule is Cc1cc(=O)oc2cc(OCC(=O)c3ccc(NC(=O)CC(C)C)cc3)ccc12. The van der Waals surface area contributed by atoms with E-state index in [1.807, 2.05) is 20.8 Å². The van der Waals surface area contributed by atoms with Crippen LogP contribution in [0.4, 0.5) is 5.69 Å². The fraction of sp³-hybridized carbons (Fsp3) is 0.261. The van der Waals surface area contributed by atoms with Crippen molar-refractivity contribution in [3.05, 3.63) is 70.1 Å². The van der Waals surface area contributed by atoms with E-state index < -0.39 is 5.63 Å². The zero-order valence-electron chi connectivity index (χ0n) is 16.7. The van der Waals surface area contributed by atoms with Crippen LogP contribution in [0, 0.1) is 12.8 Å². The summed E-state index contributed by atoms with van der Waals surface area (Å²) in [5.41, 5.74) is 1.94. The van der Waals surface area contributed by atoms with E-state index in [1.165, 1.54) is 6.07 Å². The second kappa shape index (κ2) is 8.73. The predicted octanol–water partition coefficient (Wildman–Crippen LogP) is 4.35. The topological polar surface area (TPSA) is 85.6 Å². The van der Waals surface area contributed by atoms with E-state index in [0.717, 1.165) is 10.9 Å². The number of aryl methyl sites for hydroxylation is 1. The van der Waals surface area contributed by atoms with Crippen molar-refractivity contribution in [2.45, 2.75) is 27.2 Å². The third kappa shape index (κ3) is 5.31. The van der Waals surface area contributed by atoms with Crippen molar-refractivity contribution in [2.75, 3.05) is 11.9 Å². The van der Waals surface area contributed by atoms with Gasteiger partial charge in [0.1, 0.15) is 11.3 Å². The number of nitrogens with one attached hydrogen (secondary N) is 1. The van der Waals surface area contributed by atoms with Crippen LogP contribution in [-0.4, -0.2) is 18.3 Å². The molecule has 2 aromatic carbocycles. The Morgan fingerprint density at radius 1 is 1.07 bits per heavy atom. The number of rotatable bonds is 7. The smallest absolute Gasteiger partial charge is 0.336 e. The second-order valence-electron chi connectivity index (χ2n) is 7.34. The fourth-order valence-electron chi connectivity index (χ4n) is 2.95. The Balaban J connectivity index is 1.62. The highest BCUT2D eigenvalue weighted by atomic mass is 16.5. The first kappa shape index (κ1) is 20.3. The molecule has 0 fully saturated rings. The Hall–Kier alpha value is -3.41. The third-order valence-electron chi connectivity index (χ3n) is 4.38. The number of ether oxygens (including phenoxy) is 1. The van der Waals surface area contributed by atoms with E-state index in [1.54, 1.807) is 42.5 Å². The van der Waals surface area contributed by atoms with Gasteiger partial charge in [0.05, 0.1) is 0 Å². The van der Waals surface area contributed by atoms with Crippen LogP contribution in [0.3, 0.4) is 0 Å². The maximum atomic E-state index is 12.4. The van der Waals surface area contributed by atoms with Crippen LogP contribution >= 0.6 is 0 Å². The molecule has 1 N–H and O–H groups in total. The Bertz CT molecular complexity index is 1100. The molecule has 0 bridgehead atoms. The molecule has 0 saturated carbocycles.